The molecule has 0 saturated carbocycles. The van der Waals surface area contributed by atoms with Gasteiger partial charge in [-0.15, -0.1) is 0 Å². The highest BCUT2D eigenvalue weighted by Crippen LogP contribution is 2.36. The van der Waals surface area contributed by atoms with E-state index >= 15 is 0 Å². The van der Waals surface area contributed by atoms with E-state index in [0.717, 1.165) is 13.5 Å². The molecule has 128 valence electrons. The smallest absolute Gasteiger partial charge is 0.300 e. The van der Waals surface area contributed by atoms with Crippen LogP contribution in [0.3, 0.4) is 0 Å². The average molecular weight is 343 g/mol. The van der Waals surface area contributed by atoms with E-state index in [1.807, 2.05) is 11.9 Å². The Labute approximate surface area is 148 Å². The summed E-state index contributed by atoms with van der Waals surface area (Å²) < 4.78 is 3.48. The minimum Gasteiger partial charge on any atom is -0.481 e. The zero-order valence-corrected chi connectivity index (χ0v) is 14.9. The fourth-order valence-electron chi connectivity index (χ4n) is 2.99. The van der Waals surface area contributed by atoms with Crippen LogP contribution in [0.15, 0.2) is 60.7 Å². The van der Waals surface area contributed by atoms with Crippen molar-refractivity contribution in [3.05, 3.63) is 71.8 Å². The van der Waals surface area contributed by atoms with Crippen LogP contribution in [0.1, 0.15) is 30.9 Å². The van der Waals surface area contributed by atoms with Gasteiger partial charge < -0.3 is 5.11 Å². The number of carboxylic acids is 1. The van der Waals surface area contributed by atoms with Crippen LogP contribution in [0.5, 0.6) is 0 Å². The molecule has 2 aromatic carbocycles. The summed E-state index contributed by atoms with van der Waals surface area (Å²) in [5, 5.41) is 7.42. The van der Waals surface area contributed by atoms with Crippen LogP contribution in [-0.2, 0) is 16.6 Å². The molecule has 1 atom stereocenters. The first-order valence-electron chi connectivity index (χ1n) is 8.26. The number of benzene rings is 2. The van der Waals surface area contributed by atoms with Gasteiger partial charge >= 0.3 is 0 Å². The van der Waals surface area contributed by atoms with Gasteiger partial charge in [-0.1, -0.05) is 72.6 Å². The molecule has 1 aliphatic heterocycles. The summed E-state index contributed by atoms with van der Waals surface area (Å²) in [6, 6.07) is 21.8. The predicted octanol–water partition coefficient (Wildman–Crippen LogP) is 4.29. The number of hydrogen-bond acceptors (Lipinski definition) is 3. The van der Waals surface area contributed by atoms with Crippen LogP contribution in [0.4, 0.5) is 0 Å². The van der Waals surface area contributed by atoms with E-state index in [-0.39, 0.29) is 0 Å². The highest BCUT2D eigenvalue weighted by molar-refractivity contribution is 7.97. The third-order valence-electron chi connectivity index (χ3n) is 4.21. The molecule has 2 aromatic rings. The first-order chi connectivity index (χ1) is 11.6. The second-order valence-electron chi connectivity index (χ2n) is 6.11. The monoisotopic (exact) mass is 343 g/mol. The number of aryl methyl sites for hydroxylation is 1. The first kappa shape index (κ1) is 18.6. The van der Waals surface area contributed by atoms with E-state index in [1.54, 1.807) is 0 Å². The second-order valence-corrected chi connectivity index (χ2v) is 6.98. The number of nitrogens with one attached hydrogen (secondary N) is 1. The van der Waals surface area contributed by atoms with Gasteiger partial charge in [-0.2, -0.15) is 0 Å². The summed E-state index contributed by atoms with van der Waals surface area (Å²) in [5.41, 5.74) is 3.26. The Morgan fingerprint density at radius 1 is 1.12 bits per heavy atom. The van der Waals surface area contributed by atoms with Gasteiger partial charge in [0.15, 0.2) is 0 Å². The molecular formula is C20H25NO2S. The zero-order valence-electron chi connectivity index (χ0n) is 14.1. The largest absolute Gasteiger partial charge is 0.481 e. The second kappa shape index (κ2) is 9.50. The predicted molar refractivity (Wildman–Crippen MR) is 101 cm³/mol. The van der Waals surface area contributed by atoms with Crippen molar-refractivity contribution in [3.63, 3.8) is 0 Å². The lowest BCUT2D eigenvalue weighted by Gasteiger charge is -2.28. The molecule has 4 heteroatoms. The van der Waals surface area contributed by atoms with Crippen molar-refractivity contribution in [1.29, 1.82) is 0 Å². The molecular weight excluding hydrogens is 318 g/mol. The molecule has 1 aliphatic rings. The molecule has 0 aromatic heterocycles. The zero-order chi connectivity index (χ0) is 17.3. The Kier molecular flexibility index (Phi) is 7.35. The maximum absolute atomic E-state index is 9.00. The quantitative estimate of drug-likeness (QED) is 0.795. The van der Waals surface area contributed by atoms with Gasteiger partial charge in [-0.05, 0) is 30.4 Å². The van der Waals surface area contributed by atoms with Crippen molar-refractivity contribution in [2.24, 2.45) is 0 Å². The Hall–Kier alpha value is -1.78. The highest BCUT2D eigenvalue weighted by atomic mass is 32.2. The number of carbonyl (C=O) groups is 1. The molecule has 0 aliphatic carbocycles. The van der Waals surface area contributed by atoms with Gasteiger partial charge in [0.2, 0.25) is 0 Å². The van der Waals surface area contributed by atoms with Crippen molar-refractivity contribution in [2.45, 2.75) is 31.6 Å². The molecule has 3 nitrogen and oxygen atoms in total. The van der Waals surface area contributed by atoms with Crippen LogP contribution in [0.25, 0.3) is 0 Å². The number of carboxylic acid groups (broad SMARTS) is 1. The van der Waals surface area contributed by atoms with Crippen molar-refractivity contribution in [1.82, 2.24) is 4.72 Å². The van der Waals surface area contributed by atoms with Gasteiger partial charge in [-0.3, -0.25) is 9.52 Å². The number of rotatable bonds is 5. The first-order valence-corrected chi connectivity index (χ1v) is 9.25. The average Bonchev–Trinajstić information content (AvgIpc) is 3.06. The minimum absolute atomic E-state index is 0.320. The molecule has 3 rings (SSSR count). The van der Waals surface area contributed by atoms with E-state index < -0.39 is 5.97 Å². The fraction of sp³-hybridized carbons (Fsp3) is 0.350. The lowest BCUT2D eigenvalue weighted by molar-refractivity contribution is -0.134. The highest BCUT2D eigenvalue weighted by Gasteiger charge is 2.35. The number of hydrogen-bond donors (Lipinski definition) is 2. The Morgan fingerprint density at radius 2 is 1.71 bits per heavy atom. The van der Waals surface area contributed by atoms with E-state index in [1.165, 1.54) is 36.1 Å². The molecule has 1 saturated heterocycles. The minimum atomic E-state index is -0.833. The van der Waals surface area contributed by atoms with E-state index in [2.05, 4.69) is 65.4 Å². The van der Waals surface area contributed by atoms with E-state index in [4.69, 9.17) is 9.90 Å². The lowest BCUT2D eigenvalue weighted by Crippen LogP contribution is -2.31. The van der Waals surface area contributed by atoms with Crippen LogP contribution in [0, 0.1) is 0 Å². The summed E-state index contributed by atoms with van der Waals surface area (Å²) in [6.07, 6.45) is 3.69. The SMILES string of the molecule is CC(=O)O.c1ccc(CCCC2(c3ccccc3)CNSC2)cc1. The number of aliphatic carboxylic acids is 1. The standard InChI is InChI=1S/C18H21NS.C2H4O2/c1-3-8-16(9-4-1)10-7-13-18(14-19-20-15-18)17-11-5-2-6-12-17;1-2(3)4/h1-6,8-9,11-12,19H,7,10,13-15H2;1H3,(H,3,4). The molecule has 0 amide bonds. The maximum atomic E-state index is 9.00. The van der Waals surface area contributed by atoms with Crippen molar-refractivity contribution >= 4 is 17.9 Å². The lowest BCUT2D eigenvalue weighted by atomic mass is 9.78. The molecule has 1 unspecified atom stereocenters. The molecule has 2 N–H and O–H groups in total. The van der Waals surface area contributed by atoms with Gasteiger partial charge in [0.1, 0.15) is 0 Å². The molecule has 24 heavy (non-hydrogen) atoms. The summed E-state index contributed by atoms with van der Waals surface area (Å²) in [7, 11) is 0. The molecule has 0 radical (unpaired) electrons. The van der Waals surface area contributed by atoms with Crippen LogP contribution in [-0.4, -0.2) is 23.4 Å². The normalized spacial score (nSPS) is 19.4. The third-order valence-corrected chi connectivity index (χ3v) is 5.26. The van der Waals surface area contributed by atoms with Gasteiger partial charge in [0.05, 0.1) is 0 Å². The molecule has 0 spiro atoms. The maximum Gasteiger partial charge on any atom is 0.300 e. The summed E-state index contributed by atoms with van der Waals surface area (Å²) in [4.78, 5) is 9.00. The Morgan fingerprint density at radius 3 is 2.25 bits per heavy atom. The van der Waals surface area contributed by atoms with Crippen molar-refractivity contribution in [3.8, 4) is 0 Å². The van der Waals surface area contributed by atoms with Crippen molar-refractivity contribution < 1.29 is 9.90 Å². The molecule has 1 fully saturated rings. The summed E-state index contributed by atoms with van der Waals surface area (Å²) >= 11 is 1.87. The van der Waals surface area contributed by atoms with Crippen LogP contribution < -0.4 is 4.72 Å². The third kappa shape index (κ3) is 5.69. The van der Waals surface area contributed by atoms with E-state index in [0.29, 0.717) is 5.41 Å². The summed E-state index contributed by atoms with van der Waals surface area (Å²) in [6.45, 7) is 2.18. The van der Waals surface area contributed by atoms with E-state index in [9.17, 15) is 0 Å². The van der Waals surface area contributed by atoms with Crippen LogP contribution in [0.2, 0.25) is 0 Å². The van der Waals surface area contributed by atoms with Gasteiger partial charge in [0, 0.05) is 24.6 Å². The van der Waals surface area contributed by atoms with Gasteiger partial charge in [-0.25, -0.2) is 0 Å². The Bertz CT molecular complexity index is 606. The summed E-state index contributed by atoms with van der Waals surface area (Å²) in [5.74, 6) is 0.353. The molecule has 1 heterocycles. The van der Waals surface area contributed by atoms with Gasteiger partial charge in [0.25, 0.3) is 5.97 Å². The van der Waals surface area contributed by atoms with Crippen LogP contribution >= 0.6 is 11.9 Å². The van der Waals surface area contributed by atoms with Crippen molar-refractivity contribution in [2.75, 3.05) is 12.3 Å². The Balaban J connectivity index is 0.000000471. The molecule has 0 bridgehead atoms. The fourth-order valence-corrected chi connectivity index (χ4v) is 4.16. The topological polar surface area (TPSA) is 49.3 Å².